The first-order valence-electron chi connectivity index (χ1n) is 8.98. The zero-order valence-electron chi connectivity index (χ0n) is 15.3. The molecule has 0 saturated heterocycles. The van der Waals surface area contributed by atoms with Crippen molar-refractivity contribution in [2.45, 2.75) is 44.7 Å². The maximum atomic E-state index is 13.4. The number of alkyl halides is 3. The molecule has 3 aromatic rings. The van der Waals surface area contributed by atoms with Crippen LogP contribution in [0.2, 0.25) is 0 Å². The molecule has 144 valence electrons. The average Bonchev–Trinajstić information content (AvgIpc) is 3.39. The lowest BCUT2D eigenvalue weighted by Crippen LogP contribution is -2.22. The summed E-state index contributed by atoms with van der Waals surface area (Å²) in [5.41, 5.74) is 1.03. The van der Waals surface area contributed by atoms with E-state index in [1.807, 2.05) is 19.9 Å². The van der Waals surface area contributed by atoms with Crippen LogP contribution in [0.1, 0.15) is 60.8 Å². The zero-order chi connectivity index (χ0) is 20.2. The van der Waals surface area contributed by atoms with E-state index >= 15 is 0 Å². The second-order valence-corrected chi connectivity index (χ2v) is 7.38. The SMILES string of the molecule is CC(C)c1c(-c2ccc(C(F)(F)F)c(C3CC3)c2)[nH]c2c(C#N)cnn2c1=O. The van der Waals surface area contributed by atoms with Crippen molar-refractivity contribution in [2.75, 3.05) is 0 Å². The summed E-state index contributed by atoms with van der Waals surface area (Å²) in [6.45, 7) is 3.67. The Kier molecular flexibility index (Phi) is 4.07. The summed E-state index contributed by atoms with van der Waals surface area (Å²) in [7, 11) is 0. The smallest absolute Gasteiger partial charge is 0.338 e. The molecule has 1 aliphatic rings. The quantitative estimate of drug-likeness (QED) is 0.716. The molecule has 0 bridgehead atoms. The van der Waals surface area contributed by atoms with E-state index in [2.05, 4.69) is 10.1 Å². The minimum absolute atomic E-state index is 0.112. The molecule has 8 heteroatoms. The van der Waals surface area contributed by atoms with Crippen molar-refractivity contribution in [3.05, 3.63) is 57.0 Å². The Morgan fingerprint density at radius 1 is 1.32 bits per heavy atom. The molecule has 1 saturated carbocycles. The van der Waals surface area contributed by atoms with Crippen LogP contribution < -0.4 is 5.56 Å². The van der Waals surface area contributed by atoms with E-state index < -0.39 is 11.7 Å². The van der Waals surface area contributed by atoms with Gasteiger partial charge in [0.05, 0.1) is 17.5 Å². The summed E-state index contributed by atoms with van der Waals surface area (Å²) in [5.74, 6) is -0.302. The van der Waals surface area contributed by atoms with Gasteiger partial charge in [0.15, 0.2) is 5.65 Å². The van der Waals surface area contributed by atoms with Crippen LogP contribution in [0.4, 0.5) is 13.2 Å². The van der Waals surface area contributed by atoms with E-state index in [0.29, 0.717) is 16.8 Å². The number of nitrogens with zero attached hydrogens (tertiary/aromatic N) is 3. The van der Waals surface area contributed by atoms with Crippen molar-refractivity contribution in [1.29, 1.82) is 5.26 Å². The van der Waals surface area contributed by atoms with Crippen molar-refractivity contribution < 1.29 is 13.2 Å². The minimum Gasteiger partial charge on any atom is -0.338 e. The molecule has 1 N–H and O–H groups in total. The van der Waals surface area contributed by atoms with Gasteiger partial charge in [-0.2, -0.15) is 28.0 Å². The van der Waals surface area contributed by atoms with Gasteiger partial charge in [-0.3, -0.25) is 4.79 Å². The van der Waals surface area contributed by atoms with Crippen molar-refractivity contribution >= 4 is 5.65 Å². The number of rotatable bonds is 3. The first kappa shape index (κ1) is 18.3. The lowest BCUT2D eigenvalue weighted by molar-refractivity contribution is -0.138. The third kappa shape index (κ3) is 2.87. The Morgan fingerprint density at radius 3 is 2.61 bits per heavy atom. The molecule has 0 atom stereocenters. The Balaban J connectivity index is 2.01. The van der Waals surface area contributed by atoms with Gasteiger partial charge in [0.2, 0.25) is 0 Å². The summed E-state index contributed by atoms with van der Waals surface area (Å²) in [6.07, 6.45) is -1.68. The predicted molar refractivity (Wildman–Crippen MR) is 97.0 cm³/mol. The highest BCUT2D eigenvalue weighted by Gasteiger charge is 2.38. The van der Waals surface area contributed by atoms with Crippen molar-refractivity contribution in [3.63, 3.8) is 0 Å². The van der Waals surface area contributed by atoms with Gasteiger partial charge in [-0.05, 0) is 47.9 Å². The van der Waals surface area contributed by atoms with E-state index in [4.69, 9.17) is 0 Å². The standard InChI is InChI=1S/C20H17F3N4O/c1-10(2)16-17(26-18-13(8-24)9-25-27(18)19(16)28)12-5-6-15(20(21,22)23)14(7-12)11-3-4-11/h5-7,9-11,26H,3-4H2,1-2H3. The summed E-state index contributed by atoms with van der Waals surface area (Å²) in [5, 5.41) is 13.2. The van der Waals surface area contributed by atoms with E-state index in [9.17, 15) is 23.2 Å². The number of fused-ring (bicyclic) bond motifs is 1. The minimum atomic E-state index is -4.42. The number of halogens is 3. The predicted octanol–water partition coefficient (Wildman–Crippen LogP) is 4.58. The van der Waals surface area contributed by atoms with E-state index in [0.717, 1.165) is 23.4 Å². The monoisotopic (exact) mass is 386 g/mol. The van der Waals surface area contributed by atoms with Crippen molar-refractivity contribution in [2.24, 2.45) is 0 Å². The number of hydrogen-bond acceptors (Lipinski definition) is 3. The lowest BCUT2D eigenvalue weighted by atomic mass is 9.94. The lowest BCUT2D eigenvalue weighted by Gasteiger charge is -2.17. The number of aromatic nitrogens is 3. The molecule has 0 unspecified atom stereocenters. The highest BCUT2D eigenvalue weighted by atomic mass is 19.4. The maximum absolute atomic E-state index is 13.4. The molecular formula is C20H17F3N4O. The van der Waals surface area contributed by atoms with Crippen LogP contribution in [0.5, 0.6) is 0 Å². The van der Waals surface area contributed by atoms with Crippen LogP contribution in [0.15, 0.2) is 29.2 Å². The van der Waals surface area contributed by atoms with Gasteiger partial charge >= 0.3 is 6.18 Å². The summed E-state index contributed by atoms with van der Waals surface area (Å²) in [6, 6.07) is 5.96. The van der Waals surface area contributed by atoms with E-state index in [1.54, 1.807) is 0 Å². The number of hydrogen-bond donors (Lipinski definition) is 1. The highest BCUT2D eigenvalue weighted by molar-refractivity contribution is 5.69. The summed E-state index contributed by atoms with van der Waals surface area (Å²) in [4.78, 5) is 16.0. The second kappa shape index (κ2) is 6.23. The number of nitriles is 1. The van der Waals surface area contributed by atoms with Crippen LogP contribution in [0.25, 0.3) is 16.9 Å². The first-order chi connectivity index (χ1) is 13.2. The van der Waals surface area contributed by atoms with Crippen LogP contribution in [0.3, 0.4) is 0 Å². The molecule has 0 amide bonds. The molecule has 0 radical (unpaired) electrons. The molecule has 5 nitrogen and oxygen atoms in total. The van der Waals surface area contributed by atoms with Gasteiger partial charge in [0.25, 0.3) is 5.56 Å². The molecule has 1 aromatic carbocycles. The average molecular weight is 386 g/mol. The van der Waals surface area contributed by atoms with E-state index in [-0.39, 0.29) is 34.2 Å². The van der Waals surface area contributed by atoms with Gasteiger partial charge in [0.1, 0.15) is 11.6 Å². The van der Waals surface area contributed by atoms with Gasteiger partial charge in [0, 0.05) is 5.56 Å². The Hall–Kier alpha value is -3.08. The molecule has 2 aromatic heterocycles. The third-order valence-corrected chi connectivity index (χ3v) is 5.07. The molecule has 2 heterocycles. The molecule has 28 heavy (non-hydrogen) atoms. The largest absolute Gasteiger partial charge is 0.416 e. The summed E-state index contributed by atoms with van der Waals surface area (Å²) < 4.78 is 41.3. The number of H-pyrrole nitrogens is 1. The van der Waals surface area contributed by atoms with Crippen molar-refractivity contribution in [1.82, 2.24) is 14.6 Å². The van der Waals surface area contributed by atoms with Gasteiger partial charge in [-0.1, -0.05) is 19.9 Å². The highest BCUT2D eigenvalue weighted by Crippen LogP contribution is 2.47. The molecule has 0 aliphatic heterocycles. The Morgan fingerprint density at radius 2 is 2.04 bits per heavy atom. The van der Waals surface area contributed by atoms with Crippen LogP contribution in [-0.2, 0) is 6.18 Å². The summed E-state index contributed by atoms with van der Waals surface area (Å²) >= 11 is 0. The van der Waals surface area contributed by atoms with Crippen molar-refractivity contribution in [3.8, 4) is 17.3 Å². The van der Waals surface area contributed by atoms with Crippen LogP contribution in [0, 0.1) is 11.3 Å². The molecule has 4 rings (SSSR count). The van der Waals surface area contributed by atoms with Gasteiger partial charge < -0.3 is 4.98 Å². The van der Waals surface area contributed by atoms with Gasteiger partial charge in [-0.15, -0.1) is 0 Å². The molecular weight excluding hydrogens is 369 g/mol. The number of nitrogens with one attached hydrogen (secondary N) is 1. The molecule has 1 aliphatic carbocycles. The van der Waals surface area contributed by atoms with Crippen LogP contribution in [-0.4, -0.2) is 14.6 Å². The number of aromatic amines is 1. The number of benzene rings is 1. The Labute approximate surface area is 158 Å². The topological polar surface area (TPSA) is 73.9 Å². The first-order valence-corrected chi connectivity index (χ1v) is 8.98. The van der Waals surface area contributed by atoms with Gasteiger partial charge in [-0.25, -0.2) is 0 Å². The fourth-order valence-electron chi connectivity index (χ4n) is 3.58. The fraction of sp³-hybridized carbons (Fsp3) is 0.350. The van der Waals surface area contributed by atoms with Crippen LogP contribution >= 0.6 is 0 Å². The Bertz CT molecular complexity index is 1180. The normalized spacial score (nSPS) is 14.6. The molecule has 1 fully saturated rings. The second-order valence-electron chi connectivity index (χ2n) is 7.38. The fourth-order valence-corrected chi connectivity index (χ4v) is 3.58. The third-order valence-electron chi connectivity index (χ3n) is 5.07. The maximum Gasteiger partial charge on any atom is 0.416 e. The van der Waals surface area contributed by atoms with E-state index in [1.165, 1.54) is 18.3 Å². The zero-order valence-corrected chi connectivity index (χ0v) is 15.3. The molecule has 0 spiro atoms.